The van der Waals surface area contributed by atoms with Crippen molar-refractivity contribution in [2.45, 2.75) is 6.61 Å². The van der Waals surface area contributed by atoms with Crippen molar-refractivity contribution in [3.8, 4) is 23.0 Å². The van der Waals surface area contributed by atoms with Gasteiger partial charge in [0, 0.05) is 29.2 Å². The van der Waals surface area contributed by atoms with E-state index in [2.05, 4.69) is 0 Å². The first-order chi connectivity index (χ1) is 14.4. The molecule has 1 aromatic heterocycles. The molecule has 2 aromatic carbocycles. The lowest BCUT2D eigenvalue weighted by atomic mass is 10.1. The normalized spacial score (nSPS) is 10.9. The monoisotopic (exact) mass is 412 g/mol. The molecule has 0 atom stereocenters. The molecule has 30 heavy (non-hydrogen) atoms. The van der Waals surface area contributed by atoms with Gasteiger partial charge in [-0.1, -0.05) is 6.07 Å². The number of hydrogen-bond donors (Lipinski definition) is 1. The van der Waals surface area contributed by atoms with Crippen LogP contribution in [0.1, 0.15) is 11.1 Å². The summed E-state index contributed by atoms with van der Waals surface area (Å²) in [6.07, 6.45) is 2.71. The molecular formula is C22H20O8. The fourth-order valence-corrected chi connectivity index (χ4v) is 2.84. The standard InChI is InChI=1S/C22H20O8/c1-26-17-6-4-13(8-16(17)23)5-7-21(24)29-12-14-9-22(25)30-18-11-20(28-3)19(27-2)10-15(14)18/h4-11,23H,12H2,1-3H3/b7-5+. The zero-order chi connectivity index (χ0) is 21.7. The molecular weight excluding hydrogens is 392 g/mol. The third-order valence-corrected chi connectivity index (χ3v) is 4.32. The molecule has 3 rings (SSSR count). The van der Waals surface area contributed by atoms with Crippen LogP contribution in [0.15, 0.2) is 51.7 Å². The number of benzene rings is 2. The van der Waals surface area contributed by atoms with Crippen molar-refractivity contribution >= 4 is 23.0 Å². The van der Waals surface area contributed by atoms with Gasteiger partial charge in [0.05, 0.1) is 21.3 Å². The Morgan fingerprint density at radius 2 is 1.70 bits per heavy atom. The topological polar surface area (TPSA) is 104 Å². The van der Waals surface area contributed by atoms with Crippen molar-refractivity contribution < 1.29 is 33.3 Å². The Labute approximate surface area is 171 Å². The maximum atomic E-state index is 12.1. The lowest BCUT2D eigenvalue weighted by molar-refractivity contribution is -0.138. The van der Waals surface area contributed by atoms with Crippen LogP contribution in [0.2, 0.25) is 0 Å². The second-order valence-corrected chi connectivity index (χ2v) is 6.17. The number of phenolic OH excluding ortho intramolecular Hbond substituents is 1. The van der Waals surface area contributed by atoms with Crippen LogP contribution in [0.25, 0.3) is 17.0 Å². The van der Waals surface area contributed by atoms with Gasteiger partial charge in [-0.05, 0) is 29.8 Å². The predicted octanol–water partition coefficient (Wildman–Crippen LogP) is 3.28. The van der Waals surface area contributed by atoms with Crippen LogP contribution >= 0.6 is 0 Å². The lowest BCUT2D eigenvalue weighted by Crippen LogP contribution is -2.06. The number of rotatable bonds is 7. The van der Waals surface area contributed by atoms with Crippen LogP contribution in [0.3, 0.4) is 0 Å². The molecule has 0 unspecified atom stereocenters. The number of hydrogen-bond acceptors (Lipinski definition) is 8. The number of phenols is 1. The molecule has 0 aliphatic rings. The number of carbonyl (C=O) groups is 1. The van der Waals surface area contributed by atoms with Gasteiger partial charge >= 0.3 is 11.6 Å². The minimum Gasteiger partial charge on any atom is -0.504 e. The van der Waals surface area contributed by atoms with Gasteiger partial charge in [0.15, 0.2) is 23.0 Å². The summed E-state index contributed by atoms with van der Waals surface area (Å²) in [5.41, 5.74) is 0.763. The van der Waals surface area contributed by atoms with Crippen molar-refractivity contribution in [3.05, 3.63) is 64.0 Å². The van der Waals surface area contributed by atoms with Crippen molar-refractivity contribution in [1.82, 2.24) is 0 Å². The SMILES string of the molecule is COc1ccc(/C=C/C(=O)OCc2cc(=O)oc3cc(OC)c(OC)cc23)cc1O. The van der Waals surface area contributed by atoms with E-state index in [1.807, 2.05) is 0 Å². The van der Waals surface area contributed by atoms with Crippen LogP contribution < -0.4 is 19.8 Å². The Morgan fingerprint density at radius 1 is 1.00 bits per heavy atom. The van der Waals surface area contributed by atoms with Gasteiger partial charge in [-0.3, -0.25) is 0 Å². The van der Waals surface area contributed by atoms with Gasteiger partial charge in [-0.25, -0.2) is 9.59 Å². The lowest BCUT2D eigenvalue weighted by Gasteiger charge is -2.11. The summed E-state index contributed by atoms with van der Waals surface area (Å²) in [5.74, 6) is 0.530. The van der Waals surface area contributed by atoms with Gasteiger partial charge in [0.2, 0.25) is 0 Å². The molecule has 0 saturated heterocycles. The van der Waals surface area contributed by atoms with Crippen molar-refractivity contribution in [3.63, 3.8) is 0 Å². The van der Waals surface area contributed by atoms with E-state index in [1.54, 1.807) is 18.2 Å². The highest BCUT2D eigenvalue weighted by atomic mass is 16.5. The van der Waals surface area contributed by atoms with Crippen LogP contribution in [-0.2, 0) is 16.1 Å². The van der Waals surface area contributed by atoms with Crippen molar-refractivity contribution in [1.29, 1.82) is 0 Å². The third-order valence-electron chi connectivity index (χ3n) is 4.32. The molecule has 1 N–H and O–H groups in total. The van der Waals surface area contributed by atoms with E-state index < -0.39 is 11.6 Å². The molecule has 0 aliphatic heterocycles. The number of fused-ring (bicyclic) bond motifs is 1. The Bertz CT molecular complexity index is 1160. The quantitative estimate of drug-likeness (QED) is 0.358. The number of methoxy groups -OCH3 is 3. The van der Waals surface area contributed by atoms with E-state index in [1.165, 1.54) is 51.7 Å². The average molecular weight is 412 g/mol. The predicted molar refractivity (Wildman–Crippen MR) is 109 cm³/mol. The second-order valence-electron chi connectivity index (χ2n) is 6.17. The molecule has 0 amide bonds. The molecule has 0 fully saturated rings. The molecule has 0 saturated carbocycles. The number of ether oxygens (including phenoxy) is 4. The van der Waals surface area contributed by atoms with E-state index in [9.17, 15) is 14.7 Å². The van der Waals surface area contributed by atoms with Crippen LogP contribution in [-0.4, -0.2) is 32.4 Å². The molecule has 0 spiro atoms. The highest BCUT2D eigenvalue weighted by Gasteiger charge is 2.13. The van der Waals surface area contributed by atoms with E-state index >= 15 is 0 Å². The van der Waals surface area contributed by atoms with Gasteiger partial charge in [0.1, 0.15) is 12.2 Å². The second kappa shape index (κ2) is 9.04. The fourth-order valence-electron chi connectivity index (χ4n) is 2.84. The van der Waals surface area contributed by atoms with E-state index in [0.29, 0.717) is 33.8 Å². The fraction of sp³-hybridized carbons (Fsp3) is 0.182. The van der Waals surface area contributed by atoms with Crippen LogP contribution in [0, 0.1) is 0 Å². The van der Waals surface area contributed by atoms with Gasteiger partial charge in [-0.15, -0.1) is 0 Å². The van der Waals surface area contributed by atoms with Gasteiger partial charge in [-0.2, -0.15) is 0 Å². The Morgan fingerprint density at radius 3 is 2.37 bits per heavy atom. The number of aromatic hydroxyl groups is 1. The zero-order valence-electron chi connectivity index (χ0n) is 16.6. The van der Waals surface area contributed by atoms with Gasteiger partial charge < -0.3 is 28.5 Å². The first-order valence-electron chi connectivity index (χ1n) is 8.85. The number of carbonyl (C=O) groups excluding carboxylic acids is 1. The molecule has 3 aromatic rings. The summed E-state index contributed by atoms with van der Waals surface area (Å²) in [7, 11) is 4.41. The molecule has 0 aliphatic carbocycles. The molecule has 8 nitrogen and oxygen atoms in total. The molecule has 0 bridgehead atoms. The minimum atomic E-state index is -0.618. The zero-order valence-corrected chi connectivity index (χ0v) is 16.6. The molecule has 0 radical (unpaired) electrons. The Hall–Kier alpha value is -3.94. The maximum Gasteiger partial charge on any atom is 0.336 e. The highest BCUT2D eigenvalue weighted by molar-refractivity contribution is 5.88. The highest BCUT2D eigenvalue weighted by Crippen LogP contribution is 2.33. The largest absolute Gasteiger partial charge is 0.504 e. The Kier molecular flexibility index (Phi) is 6.26. The molecule has 8 heteroatoms. The summed E-state index contributed by atoms with van der Waals surface area (Å²) in [6, 6.07) is 9.16. The first-order valence-corrected chi connectivity index (χ1v) is 8.85. The molecule has 1 heterocycles. The summed E-state index contributed by atoms with van der Waals surface area (Å²) >= 11 is 0. The van der Waals surface area contributed by atoms with Crippen molar-refractivity contribution in [2.75, 3.05) is 21.3 Å². The third kappa shape index (κ3) is 4.54. The summed E-state index contributed by atoms with van der Waals surface area (Å²) in [4.78, 5) is 24.0. The number of esters is 1. The Balaban J connectivity index is 1.78. The summed E-state index contributed by atoms with van der Waals surface area (Å²) < 4.78 is 25.9. The van der Waals surface area contributed by atoms with E-state index in [0.717, 1.165) is 0 Å². The minimum absolute atomic E-state index is 0.0418. The van der Waals surface area contributed by atoms with E-state index in [4.69, 9.17) is 23.4 Å². The molecule has 156 valence electrons. The van der Waals surface area contributed by atoms with Crippen molar-refractivity contribution in [2.24, 2.45) is 0 Å². The average Bonchev–Trinajstić information content (AvgIpc) is 2.75. The first kappa shape index (κ1) is 20.8. The maximum absolute atomic E-state index is 12.1. The smallest absolute Gasteiger partial charge is 0.336 e. The van der Waals surface area contributed by atoms with Gasteiger partial charge in [0.25, 0.3) is 0 Å². The van der Waals surface area contributed by atoms with Crippen LogP contribution in [0.5, 0.6) is 23.0 Å². The van der Waals surface area contributed by atoms with E-state index in [-0.39, 0.29) is 17.9 Å². The summed E-state index contributed by atoms with van der Waals surface area (Å²) in [6.45, 7) is -0.144. The summed E-state index contributed by atoms with van der Waals surface area (Å²) in [5, 5.41) is 10.3. The van der Waals surface area contributed by atoms with Crippen LogP contribution in [0.4, 0.5) is 0 Å².